The summed E-state index contributed by atoms with van der Waals surface area (Å²) < 4.78 is 0. The lowest BCUT2D eigenvalue weighted by Crippen LogP contribution is -1.94. The standard InChI is InChI=1S/C9H18N/c1-3-4-5-6-7-8-9(2)10/h7-10H,3-6H2,1-2H3. The molecule has 0 fully saturated rings. The summed E-state index contributed by atoms with van der Waals surface area (Å²) in [7, 11) is 0. The van der Waals surface area contributed by atoms with Crippen LogP contribution in [0.1, 0.15) is 39.5 Å². The van der Waals surface area contributed by atoms with Gasteiger partial charge in [0.25, 0.3) is 0 Å². The lowest BCUT2D eigenvalue weighted by Gasteiger charge is -1.93. The third-order valence-electron chi connectivity index (χ3n) is 1.40. The Morgan fingerprint density at radius 2 is 2.10 bits per heavy atom. The van der Waals surface area contributed by atoms with Crippen molar-refractivity contribution in [3.63, 3.8) is 0 Å². The zero-order chi connectivity index (χ0) is 7.82. The Bertz CT molecular complexity index is 84.7. The van der Waals surface area contributed by atoms with E-state index in [1.165, 1.54) is 19.3 Å². The Labute approximate surface area is 64.3 Å². The van der Waals surface area contributed by atoms with Crippen LogP contribution in [-0.4, -0.2) is 6.04 Å². The van der Waals surface area contributed by atoms with Crippen molar-refractivity contribution in [3.8, 4) is 0 Å². The molecule has 1 unspecified atom stereocenters. The van der Waals surface area contributed by atoms with E-state index >= 15 is 0 Å². The maximum absolute atomic E-state index is 7.17. The van der Waals surface area contributed by atoms with E-state index in [0.29, 0.717) is 0 Å². The fourth-order valence-corrected chi connectivity index (χ4v) is 0.813. The summed E-state index contributed by atoms with van der Waals surface area (Å²) in [6.07, 6.45) is 9.10. The molecule has 0 aliphatic heterocycles. The molecule has 0 heterocycles. The van der Waals surface area contributed by atoms with Gasteiger partial charge in [0, 0.05) is 6.04 Å². The molecular formula is C9H18N. The summed E-state index contributed by atoms with van der Waals surface area (Å²) in [6, 6.07) is -0.0263. The smallest absolute Gasteiger partial charge is 0.0364 e. The number of allylic oxidation sites excluding steroid dienone is 1. The van der Waals surface area contributed by atoms with Gasteiger partial charge in [-0.15, -0.1) is 0 Å². The van der Waals surface area contributed by atoms with Gasteiger partial charge in [0.1, 0.15) is 0 Å². The Morgan fingerprint density at radius 1 is 1.40 bits per heavy atom. The van der Waals surface area contributed by atoms with Crippen LogP contribution >= 0.6 is 0 Å². The average Bonchev–Trinajstić information content (AvgIpc) is 1.87. The minimum atomic E-state index is -0.0263. The van der Waals surface area contributed by atoms with E-state index in [9.17, 15) is 0 Å². The van der Waals surface area contributed by atoms with E-state index < -0.39 is 0 Å². The molecular weight excluding hydrogens is 122 g/mol. The molecule has 0 saturated heterocycles. The van der Waals surface area contributed by atoms with Gasteiger partial charge in [0.2, 0.25) is 0 Å². The molecule has 0 aromatic heterocycles. The molecule has 1 heteroatoms. The molecule has 0 saturated carbocycles. The van der Waals surface area contributed by atoms with Crippen molar-refractivity contribution in [1.29, 1.82) is 0 Å². The predicted molar refractivity (Wildman–Crippen MR) is 45.8 cm³/mol. The molecule has 0 aromatic carbocycles. The van der Waals surface area contributed by atoms with Gasteiger partial charge in [0.05, 0.1) is 0 Å². The first kappa shape index (κ1) is 9.70. The van der Waals surface area contributed by atoms with Gasteiger partial charge in [-0.1, -0.05) is 31.9 Å². The van der Waals surface area contributed by atoms with E-state index in [1.54, 1.807) is 0 Å². The average molecular weight is 140 g/mol. The molecule has 0 amide bonds. The summed E-state index contributed by atoms with van der Waals surface area (Å²) in [4.78, 5) is 0. The normalized spacial score (nSPS) is 14.3. The monoisotopic (exact) mass is 140 g/mol. The second kappa shape index (κ2) is 6.81. The van der Waals surface area contributed by atoms with Crippen LogP contribution in [-0.2, 0) is 0 Å². The molecule has 0 aliphatic carbocycles. The first-order valence-electron chi connectivity index (χ1n) is 4.15. The number of unbranched alkanes of at least 4 members (excludes halogenated alkanes) is 3. The highest BCUT2D eigenvalue weighted by molar-refractivity contribution is 4.87. The fraction of sp³-hybridized carbons (Fsp3) is 0.778. The fourth-order valence-electron chi connectivity index (χ4n) is 0.813. The van der Waals surface area contributed by atoms with E-state index in [2.05, 4.69) is 13.0 Å². The quantitative estimate of drug-likeness (QED) is 0.414. The van der Waals surface area contributed by atoms with Crippen molar-refractivity contribution in [3.05, 3.63) is 12.2 Å². The number of hydrogen-bond donors (Lipinski definition) is 0. The van der Waals surface area contributed by atoms with Crippen molar-refractivity contribution >= 4 is 0 Å². The molecule has 0 rings (SSSR count). The second-order valence-electron chi connectivity index (χ2n) is 2.71. The zero-order valence-corrected chi connectivity index (χ0v) is 7.06. The van der Waals surface area contributed by atoms with Crippen LogP contribution in [0.2, 0.25) is 0 Å². The molecule has 0 bridgehead atoms. The number of rotatable bonds is 5. The minimum Gasteiger partial charge on any atom is -0.251 e. The van der Waals surface area contributed by atoms with Gasteiger partial charge in [-0.2, -0.15) is 0 Å². The van der Waals surface area contributed by atoms with Crippen molar-refractivity contribution in [1.82, 2.24) is 5.73 Å². The van der Waals surface area contributed by atoms with Gasteiger partial charge in [-0.05, 0) is 19.8 Å². The van der Waals surface area contributed by atoms with Crippen LogP contribution in [0.3, 0.4) is 0 Å². The molecule has 0 aromatic rings. The van der Waals surface area contributed by atoms with Gasteiger partial charge < -0.3 is 0 Å². The molecule has 1 nitrogen and oxygen atoms in total. The number of nitrogens with one attached hydrogen (secondary N) is 1. The highest BCUT2D eigenvalue weighted by Crippen LogP contribution is 1.99. The molecule has 1 radical (unpaired) electrons. The molecule has 0 aliphatic rings. The van der Waals surface area contributed by atoms with Crippen molar-refractivity contribution in [2.24, 2.45) is 0 Å². The van der Waals surface area contributed by atoms with Crippen molar-refractivity contribution < 1.29 is 0 Å². The SMILES string of the molecule is CCCCCC=CC(C)[NH]. The van der Waals surface area contributed by atoms with Gasteiger partial charge >= 0.3 is 0 Å². The molecule has 1 atom stereocenters. The minimum absolute atomic E-state index is 0.0263. The first-order chi connectivity index (χ1) is 4.77. The second-order valence-corrected chi connectivity index (χ2v) is 2.71. The van der Waals surface area contributed by atoms with Crippen LogP contribution in [0.15, 0.2) is 12.2 Å². The lowest BCUT2D eigenvalue weighted by molar-refractivity contribution is 0.726. The zero-order valence-electron chi connectivity index (χ0n) is 7.06. The first-order valence-corrected chi connectivity index (χ1v) is 4.15. The highest BCUT2D eigenvalue weighted by atomic mass is 14.6. The third kappa shape index (κ3) is 7.70. The van der Waals surface area contributed by atoms with E-state index in [0.717, 1.165) is 6.42 Å². The van der Waals surface area contributed by atoms with Gasteiger partial charge in [-0.25, -0.2) is 0 Å². The van der Waals surface area contributed by atoms with Crippen LogP contribution in [0.25, 0.3) is 0 Å². The summed E-state index contributed by atoms with van der Waals surface area (Å²) in [5.41, 5.74) is 7.17. The maximum atomic E-state index is 7.17. The largest absolute Gasteiger partial charge is 0.251 e. The Morgan fingerprint density at radius 3 is 2.60 bits per heavy atom. The van der Waals surface area contributed by atoms with Gasteiger partial charge in [-0.3, -0.25) is 5.73 Å². The Balaban J connectivity index is 3.02. The lowest BCUT2D eigenvalue weighted by atomic mass is 10.2. The van der Waals surface area contributed by atoms with Gasteiger partial charge in [0.15, 0.2) is 0 Å². The third-order valence-corrected chi connectivity index (χ3v) is 1.40. The van der Waals surface area contributed by atoms with E-state index in [-0.39, 0.29) is 6.04 Å². The van der Waals surface area contributed by atoms with Crippen molar-refractivity contribution in [2.45, 2.75) is 45.6 Å². The number of hydrogen-bond acceptors (Lipinski definition) is 0. The predicted octanol–water partition coefficient (Wildman–Crippen LogP) is 2.79. The van der Waals surface area contributed by atoms with Crippen LogP contribution in [0.4, 0.5) is 0 Å². The molecule has 10 heavy (non-hydrogen) atoms. The van der Waals surface area contributed by atoms with Crippen molar-refractivity contribution in [2.75, 3.05) is 0 Å². The molecule has 0 spiro atoms. The van der Waals surface area contributed by atoms with Crippen LogP contribution in [0.5, 0.6) is 0 Å². The molecule has 59 valence electrons. The maximum Gasteiger partial charge on any atom is 0.0364 e. The van der Waals surface area contributed by atoms with E-state index in [1.807, 2.05) is 13.0 Å². The van der Waals surface area contributed by atoms with Crippen LogP contribution in [0, 0.1) is 0 Å². The molecule has 1 N–H and O–H groups in total. The Kier molecular flexibility index (Phi) is 6.61. The topological polar surface area (TPSA) is 23.8 Å². The highest BCUT2D eigenvalue weighted by Gasteiger charge is 1.84. The van der Waals surface area contributed by atoms with Crippen LogP contribution < -0.4 is 5.73 Å². The summed E-state index contributed by atoms with van der Waals surface area (Å²) in [5.74, 6) is 0. The Hall–Kier alpha value is -0.300. The summed E-state index contributed by atoms with van der Waals surface area (Å²) in [5, 5.41) is 0. The van der Waals surface area contributed by atoms with E-state index in [4.69, 9.17) is 5.73 Å². The summed E-state index contributed by atoms with van der Waals surface area (Å²) >= 11 is 0. The summed E-state index contributed by atoms with van der Waals surface area (Å²) in [6.45, 7) is 4.09.